The molecule has 1 atom stereocenters. The molecular weight excluding hydrogens is 311 g/mol. The average Bonchev–Trinajstić information content (AvgIpc) is 3.07. The van der Waals surface area contributed by atoms with Gasteiger partial charge in [-0.25, -0.2) is 4.39 Å². The largest absolute Gasteiger partial charge is 0.376 e. The van der Waals surface area contributed by atoms with Crippen molar-refractivity contribution in [2.75, 3.05) is 25.0 Å². The standard InChI is InChI=1S/C18H25FN2O3/c1-3-21(12-14-5-4-10-24-14)18(23)9-8-17(22)20-16-11-13(2)6-7-15(16)19/h6-7,11,14H,3-5,8-10,12H2,1-2H3,(H,20,22)/t14-/m0/s1. The van der Waals surface area contributed by atoms with Crippen molar-refractivity contribution in [1.29, 1.82) is 0 Å². The highest BCUT2D eigenvalue weighted by Crippen LogP contribution is 2.17. The van der Waals surface area contributed by atoms with Crippen LogP contribution in [0.5, 0.6) is 0 Å². The molecule has 0 aliphatic carbocycles. The van der Waals surface area contributed by atoms with Crippen LogP contribution in [0.25, 0.3) is 0 Å². The van der Waals surface area contributed by atoms with Crippen LogP contribution in [-0.2, 0) is 14.3 Å². The molecule has 0 radical (unpaired) electrons. The number of rotatable bonds is 7. The van der Waals surface area contributed by atoms with Crippen LogP contribution in [0.15, 0.2) is 18.2 Å². The molecule has 6 heteroatoms. The topological polar surface area (TPSA) is 58.6 Å². The molecule has 2 rings (SSSR count). The Labute approximate surface area is 142 Å². The van der Waals surface area contributed by atoms with Crippen molar-refractivity contribution < 1.29 is 18.7 Å². The van der Waals surface area contributed by atoms with E-state index in [9.17, 15) is 14.0 Å². The molecule has 2 amide bonds. The van der Waals surface area contributed by atoms with Gasteiger partial charge in [-0.15, -0.1) is 0 Å². The van der Waals surface area contributed by atoms with Crippen molar-refractivity contribution in [3.8, 4) is 0 Å². The number of aryl methyl sites for hydroxylation is 1. The highest BCUT2D eigenvalue weighted by molar-refractivity contribution is 5.93. The number of carbonyl (C=O) groups excluding carboxylic acids is 2. The summed E-state index contributed by atoms with van der Waals surface area (Å²) in [5, 5.41) is 2.53. The van der Waals surface area contributed by atoms with E-state index < -0.39 is 5.82 Å². The van der Waals surface area contributed by atoms with Crippen molar-refractivity contribution in [2.45, 2.75) is 45.6 Å². The summed E-state index contributed by atoms with van der Waals surface area (Å²) in [6.07, 6.45) is 2.25. The lowest BCUT2D eigenvalue weighted by Crippen LogP contribution is -2.37. The number of hydrogen-bond donors (Lipinski definition) is 1. The molecule has 1 aromatic rings. The molecule has 1 heterocycles. The summed E-state index contributed by atoms with van der Waals surface area (Å²) >= 11 is 0. The molecule has 0 saturated carbocycles. The van der Waals surface area contributed by atoms with Gasteiger partial charge in [0.25, 0.3) is 0 Å². The predicted octanol–water partition coefficient (Wildman–Crippen LogP) is 2.88. The van der Waals surface area contributed by atoms with Gasteiger partial charge in [0.2, 0.25) is 11.8 Å². The molecule has 0 spiro atoms. The summed E-state index contributed by atoms with van der Waals surface area (Å²) < 4.78 is 19.2. The summed E-state index contributed by atoms with van der Waals surface area (Å²) in [5.74, 6) is -0.914. The van der Waals surface area contributed by atoms with Gasteiger partial charge in [-0.2, -0.15) is 0 Å². The zero-order valence-electron chi connectivity index (χ0n) is 14.3. The Balaban J connectivity index is 1.81. The highest BCUT2D eigenvalue weighted by atomic mass is 19.1. The number of carbonyl (C=O) groups is 2. The van der Waals surface area contributed by atoms with Crippen molar-refractivity contribution in [1.82, 2.24) is 4.90 Å². The first-order valence-electron chi connectivity index (χ1n) is 8.45. The molecule has 1 saturated heterocycles. The fraction of sp³-hybridized carbons (Fsp3) is 0.556. The molecule has 1 aliphatic rings. The van der Waals surface area contributed by atoms with Gasteiger partial charge in [0.15, 0.2) is 0 Å². The summed E-state index contributed by atoms with van der Waals surface area (Å²) in [5.41, 5.74) is 1.01. The first kappa shape index (κ1) is 18.4. The van der Waals surface area contributed by atoms with Crippen molar-refractivity contribution in [3.05, 3.63) is 29.6 Å². The van der Waals surface area contributed by atoms with Crippen LogP contribution in [0, 0.1) is 12.7 Å². The number of anilines is 1. The van der Waals surface area contributed by atoms with Gasteiger partial charge in [0.1, 0.15) is 5.82 Å². The summed E-state index contributed by atoms with van der Waals surface area (Å²) in [6.45, 7) is 5.65. The third kappa shape index (κ3) is 5.30. The minimum Gasteiger partial charge on any atom is -0.376 e. The molecule has 24 heavy (non-hydrogen) atoms. The van der Waals surface area contributed by atoms with Crippen LogP contribution in [0.1, 0.15) is 38.2 Å². The smallest absolute Gasteiger partial charge is 0.224 e. The summed E-state index contributed by atoms with van der Waals surface area (Å²) in [4.78, 5) is 25.9. The molecule has 0 aromatic heterocycles. The second-order valence-corrected chi connectivity index (χ2v) is 6.10. The van der Waals surface area contributed by atoms with Crippen molar-refractivity contribution in [2.24, 2.45) is 0 Å². The van der Waals surface area contributed by atoms with E-state index in [0.717, 1.165) is 25.0 Å². The Morgan fingerprint density at radius 1 is 1.38 bits per heavy atom. The lowest BCUT2D eigenvalue weighted by molar-refractivity contribution is -0.134. The lowest BCUT2D eigenvalue weighted by Gasteiger charge is -2.24. The Hall–Kier alpha value is -1.95. The fourth-order valence-electron chi connectivity index (χ4n) is 2.77. The van der Waals surface area contributed by atoms with E-state index in [1.807, 2.05) is 13.8 Å². The van der Waals surface area contributed by atoms with Crippen LogP contribution in [-0.4, -0.2) is 42.5 Å². The number of hydrogen-bond acceptors (Lipinski definition) is 3. The quantitative estimate of drug-likeness (QED) is 0.833. The van der Waals surface area contributed by atoms with Crippen LogP contribution < -0.4 is 5.32 Å². The van der Waals surface area contributed by atoms with E-state index in [1.54, 1.807) is 17.0 Å². The first-order chi connectivity index (χ1) is 11.5. The van der Waals surface area contributed by atoms with E-state index in [1.165, 1.54) is 6.07 Å². The first-order valence-corrected chi connectivity index (χ1v) is 8.45. The third-order valence-corrected chi connectivity index (χ3v) is 4.14. The van der Waals surface area contributed by atoms with Gasteiger partial charge in [0.05, 0.1) is 11.8 Å². The number of halogens is 1. The summed E-state index contributed by atoms with van der Waals surface area (Å²) in [6, 6.07) is 4.53. The number of nitrogens with one attached hydrogen (secondary N) is 1. The summed E-state index contributed by atoms with van der Waals surface area (Å²) in [7, 11) is 0. The monoisotopic (exact) mass is 336 g/mol. The van der Waals surface area contributed by atoms with E-state index in [4.69, 9.17) is 4.74 Å². The zero-order valence-corrected chi connectivity index (χ0v) is 14.3. The third-order valence-electron chi connectivity index (χ3n) is 4.14. The molecule has 1 aliphatic heterocycles. The Kier molecular flexibility index (Phi) is 6.73. The van der Waals surface area contributed by atoms with Crippen LogP contribution in [0.4, 0.5) is 10.1 Å². The molecule has 1 N–H and O–H groups in total. The van der Waals surface area contributed by atoms with Crippen LogP contribution in [0.3, 0.4) is 0 Å². The molecule has 1 fully saturated rings. The number of ether oxygens (including phenoxy) is 1. The number of nitrogens with zero attached hydrogens (tertiary/aromatic N) is 1. The normalized spacial score (nSPS) is 16.9. The van der Waals surface area contributed by atoms with Crippen LogP contribution in [0.2, 0.25) is 0 Å². The molecule has 132 valence electrons. The van der Waals surface area contributed by atoms with Gasteiger partial charge < -0.3 is 15.0 Å². The van der Waals surface area contributed by atoms with Crippen LogP contribution >= 0.6 is 0 Å². The second kappa shape index (κ2) is 8.78. The second-order valence-electron chi connectivity index (χ2n) is 6.10. The van der Waals surface area contributed by atoms with Gasteiger partial charge in [-0.1, -0.05) is 6.07 Å². The minimum absolute atomic E-state index is 0.0360. The average molecular weight is 336 g/mol. The van der Waals surface area contributed by atoms with E-state index >= 15 is 0 Å². The van der Waals surface area contributed by atoms with Gasteiger partial charge >= 0.3 is 0 Å². The van der Waals surface area contributed by atoms with Gasteiger partial charge in [0, 0.05) is 32.5 Å². The molecule has 0 bridgehead atoms. The number of likely N-dealkylation sites (N-methyl/N-ethyl adjacent to an activating group) is 1. The fourth-order valence-corrected chi connectivity index (χ4v) is 2.77. The minimum atomic E-state index is -0.478. The SMILES string of the molecule is CCN(C[C@@H]1CCCO1)C(=O)CCC(=O)Nc1cc(C)ccc1F. The molecule has 1 aromatic carbocycles. The van der Waals surface area contributed by atoms with Gasteiger partial charge in [-0.05, 0) is 44.4 Å². The van der Waals surface area contributed by atoms with Crippen molar-refractivity contribution >= 4 is 17.5 Å². The Morgan fingerprint density at radius 3 is 2.83 bits per heavy atom. The molecule has 0 unspecified atom stereocenters. The Morgan fingerprint density at radius 2 is 2.17 bits per heavy atom. The number of amides is 2. The van der Waals surface area contributed by atoms with E-state index in [-0.39, 0.29) is 36.4 Å². The molecular formula is C18H25FN2O3. The highest BCUT2D eigenvalue weighted by Gasteiger charge is 2.22. The lowest BCUT2D eigenvalue weighted by atomic mass is 10.2. The number of benzene rings is 1. The predicted molar refractivity (Wildman–Crippen MR) is 90.2 cm³/mol. The van der Waals surface area contributed by atoms with E-state index in [0.29, 0.717) is 13.1 Å². The van der Waals surface area contributed by atoms with Gasteiger partial charge in [-0.3, -0.25) is 9.59 Å². The maximum Gasteiger partial charge on any atom is 0.224 e. The van der Waals surface area contributed by atoms with E-state index in [2.05, 4.69) is 5.32 Å². The Bertz CT molecular complexity index is 586. The zero-order chi connectivity index (χ0) is 17.5. The van der Waals surface area contributed by atoms with Crippen molar-refractivity contribution in [3.63, 3.8) is 0 Å². The maximum absolute atomic E-state index is 13.6. The maximum atomic E-state index is 13.6. The molecule has 5 nitrogen and oxygen atoms in total.